The SMILES string of the molecule is NCCOc1nccc2occc12. The van der Waals surface area contributed by atoms with Crippen molar-refractivity contribution in [1.29, 1.82) is 0 Å². The lowest BCUT2D eigenvalue weighted by Crippen LogP contribution is -2.11. The summed E-state index contributed by atoms with van der Waals surface area (Å²) in [6.45, 7) is 0.952. The topological polar surface area (TPSA) is 61.3 Å². The molecule has 0 saturated heterocycles. The molecule has 0 radical (unpaired) electrons. The van der Waals surface area contributed by atoms with Crippen LogP contribution in [0.15, 0.2) is 29.0 Å². The lowest BCUT2D eigenvalue weighted by Gasteiger charge is -2.02. The van der Waals surface area contributed by atoms with Crippen molar-refractivity contribution in [2.24, 2.45) is 5.73 Å². The summed E-state index contributed by atoms with van der Waals surface area (Å²) in [6.07, 6.45) is 3.26. The number of nitrogens with two attached hydrogens (primary N) is 1. The fraction of sp³-hybridized carbons (Fsp3) is 0.222. The van der Waals surface area contributed by atoms with Crippen molar-refractivity contribution >= 4 is 11.0 Å². The summed E-state index contributed by atoms with van der Waals surface area (Å²) in [5, 5.41) is 0.885. The quantitative estimate of drug-likeness (QED) is 0.766. The van der Waals surface area contributed by atoms with Crippen molar-refractivity contribution in [1.82, 2.24) is 4.98 Å². The van der Waals surface area contributed by atoms with Crippen molar-refractivity contribution in [3.8, 4) is 5.88 Å². The maximum atomic E-state index is 5.33. The van der Waals surface area contributed by atoms with Gasteiger partial charge >= 0.3 is 0 Å². The van der Waals surface area contributed by atoms with E-state index in [9.17, 15) is 0 Å². The van der Waals surface area contributed by atoms with Crippen LogP contribution in [-0.4, -0.2) is 18.1 Å². The first kappa shape index (κ1) is 8.07. The molecule has 0 aliphatic heterocycles. The first-order chi connectivity index (χ1) is 6.42. The van der Waals surface area contributed by atoms with Crippen LogP contribution in [0.4, 0.5) is 0 Å². The normalized spacial score (nSPS) is 10.5. The van der Waals surface area contributed by atoms with E-state index in [1.807, 2.05) is 6.07 Å². The van der Waals surface area contributed by atoms with Crippen LogP contribution in [0.1, 0.15) is 0 Å². The average Bonchev–Trinajstić information content (AvgIpc) is 2.62. The van der Waals surface area contributed by atoms with Gasteiger partial charge in [-0.15, -0.1) is 0 Å². The molecule has 0 aliphatic carbocycles. The zero-order valence-electron chi connectivity index (χ0n) is 7.06. The molecule has 68 valence electrons. The molecule has 2 N–H and O–H groups in total. The Balaban J connectivity index is 2.37. The van der Waals surface area contributed by atoms with Gasteiger partial charge in [-0.25, -0.2) is 4.98 Å². The Morgan fingerprint density at radius 1 is 1.46 bits per heavy atom. The molecule has 0 aliphatic rings. The minimum Gasteiger partial charge on any atom is -0.476 e. The van der Waals surface area contributed by atoms with E-state index >= 15 is 0 Å². The number of fused-ring (bicyclic) bond motifs is 1. The van der Waals surface area contributed by atoms with E-state index < -0.39 is 0 Å². The van der Waals surface area contributed by atoms with Gasteiger partial charge in [-0.1, -0.05) is 0 Å². The molecule has 0 aromatic carbocycles. The van der Waals surface area contributed by atoms with Crippen molar-refractivity contribution < 1.29 is 9.15 Å². The van der Waals surface area contributed by atoms with E-state index in [1.165, 1.54) is 0 Å². The van der Waals surface area contributed by atoms with Gasteiger partial charge in [0.05, 0.1) is 11.6 Å². The van der Waals surface area contributed by atoms with Gasteiger partial charge in [0, 0.05) is 12.7 Å². The fourth-order valence-corrected chi connectivity index (χ4v) is 1.14. The lowest BCUT2D eigenvalue weighted by atomic mass is 10.3. The Morgan fingerprint density at radius 2 is 2.38 bits per heavy atom. The Labute approximate surface area is 75.3 Å². The van der Waals surface area contributed by atoms with E-state index in [1.54, 1.807) is 18.5 Å². The number of furan rings is 1. The molecule has 0 amide bonds. The second-order valence-electron chi connectivity index (χ2n) is 2.59. The summed E-state index contributed by atoms with van der Waals surface area (Å²) in [5.41, 5.74) is 6.10. The molecule has 0 saturated carbocycles. The summed E-state index contributed by atoms with van der Waals surface area (Å²) < 4.78 is 10.5. The van der Waals surface area contributed by atoms with Gasteiger partial charge in [-0.3, -0.25) is 0 Å². The van der Waals surface area contributed by atoms with Crippen LogP contribution in [0.5, 0.6) is 5.88 Å². The van der Waals surface area contributed by atoms with E-state index in [0.29, 0.717) is 19.0 Å². The van der Waals surface area contributed by atoms with Crippen LogP contribution in [0, 0.1) is 0 Å². The Morgan fingerprint density at radius 3 is 3.23 bits per heavy atom. The fourth-order valence-electron chi connectivity index (χ4n) is 1.14. The van der Waals surface area contributed by atoms with Crippen molar-refractivity contribution in [2.75, 3.05) is 13.2 Å². The monoisotopic (exact) mass is 178 g/mol. The Hall–Kier alpha value is -1.55. The highest BCUT2D eigenvalue weighted by molar-refractivity contribution is 5.81. The maximum Gasteiger partial charge on any atom is 0.224 e. The molecule has 2 aromatic heterocycles. The number of pyridine rings is 1. The first-order valence-corrected chi connectivity index (χ1v) is 4.07. The summed E-state index contributed by atoms with van der Waals surface area (Å²) in [4.78, 5) is 4.08. The number of rotatable bonds is 3. The third-order valence-electron chi connectivity index (χ3n) is 1.70. The van der Waals surface area contributed by atoms with Crippen LogP contribution in [-0.2, 0) is 0 Å². The van der Waals surface area contributed by atoms with E-state index in [0.717, 1.165) is 11.0 Å². The van der Waals surface area contributed by atoms with Crippen molar-refractivity contribution in [3.05, 3.63) is 24.6 Å². The smallest absolute Gasteiger partial charge is 0.224 e. The molecular formula is C9H10N2O2. The van der Waals surface area contributed by atoms with Gasteiger partial charge in [0.15, 0.2) is 0 Å². The predicted octanol–water partition coefficient (Wildman–Crippen LogP) is 1.17. The number of ether oxygens (including phenoxy) is 1. The zero-order chi connectivity index (χ0) is 9.10. The number of hydrogen-bond donors (Lipinski definition) is 1. The number of nitrogens with zero attached hydrogens (tertiary/aromatic N) is 1. The molecule has 4 heteroatoms. The molecule has 0 atom stereocenters. The van der Waals surface area contributed by atoms with E-state index in [4.69, 9.17) is 14.9 Å². The van der Waals surface area contributed by atoms with Gasteiger partial charge in [0.1, 0.15) is 12.2 Å². The van der Waals surface area contributed by atoms with Crippen LogP contribution in [0.3, 0.4) is 0 Å². The number of aromatic nitrogens is 1. The molecule has 0 spiro atoms. The van der Waals surface area contributed by atoms with Crippen LogP contribution in [0.2, 0.25) is 0 Å². The van der Waals surface area contributed by atoms with Crippen molar-refractivity contribution in [2.45, 2.75) is 0 Å². The predicted molar refractivity (Wildman–Crippen MR) is 48.6 cm³/mol. The minimum absolute atomic E-state index is 0.470. The Kier molecular flexibility index (Phi) is 2.14. The molecular weight excluding hydrogens is 168 g/mol. The molecule has 0 bridgehead atoms. The minimum atomic E-state index is 0.470. The van der Waals surface area contributed by atoms with Gasteiger partial charge < -0.3 is 14.9 Å². The Bertz CT molecular complexity index is 397. The first-order valence-electron chi connectivity index (χ1n) is 4.07. The van der Waals surface area contributed by atoms with E-state index in [-0.39, 0.29) is 0 Å². The standard InChI is InChI=1S/C9H10N2O2/c10-3-6-13-9-7-2-5-12-8(7)1-4-11-9/h1-2,4-5H,3,6,10H2. The molecule has 2 aromatic rings. The maximum absolute atomic E-state index is 5.33. The highest BCUT2D eigenvalue weighted by Crippen LogP contribution is 2.23. The van der Waals surface area contributed by atoms with Gasteiger partial charge in [0.25, 0.3) is 0 Å². The van der Waals surface area contributed by atoms with Gasteiger partial charge in [-0.05, 0) is 12.1 Å². The van der Waals surface area contributed by atoms with Crippen molar-refractivity contribution in [3.63, 3.8) is 0 Å². The second-order valence-corrected chi connectivity index (χ2v) is 2.59. The lowest BCUT2D eigenvalue weighted by molar-refractivity contribution is 0.320. The molecule has 13 heavy (non-hydrogen) atoms. The van der Waals surface area contributed by atoms with Crippen LogP contribution >= 0.6 is 0 Å². The van der Waals surface area contributed by atoms with Crippen LogP contribution < -0.4 is 10.5 Å². The third kappa shape index (κ3) is 1.48. The molecule has 2 rings (SSSR count). The summed E-state index contributed by atoms with van der Waals surface area (Å²) in [7, 11) is 0. The molecule has 2 heterocycles. The van der Waals surface area contributed by atoms with Gasteiger partial charge in [-0.2, -0.15) is 0 Å². The summed E-state index contributed by atoms with van der Waals surface area (Å²) >= 11 is 0. The second kappa shape index (κ2) is 3.45. The average molecular weight is 178 g/mol. The summed E-state index contributed by atoms with van der Waals surface area (Å²) in [6, 6.07) is 3.62. The van der Waals surface area contributed by atoms with Gasteiger partial charge in [0.2, 0.25) is 5.88 Å². The highest BCUT2D eigenvalue weighted by atomic mass is 16.5. The molecule has 0 unspecified atom stereocenters. The molecule has 0 fully saturated rings. The number of hydrogen-bond acceptors (Lipinski definition) is 4. The highest BCUT2D eigenvalue weighted by Gasteiger charge is 2.04. The summed E-state index contributed by atoms with van der Waals surface area (Å²) in [5.74, 6) is 0.580. The van der Waals surface area contributed by atoms with E-state index in [2.05, 4.69) is 4.98 Å². The largest absolute Gasteiger partial charge is 0.476 e. The third-order valence-corrected chi connectivity index (χ3v) is 1.70. The molecule has 4 nitrogen and oxygen atoms in total. The van der Waals surface area contributed by atoms with Crippen LogP contribution in [0.25, 0.3) is 11.0 Å². The zero-order valence-corrected chi connectivity index (χ0v) is 7.06.